The second-order valence-electron chi connectivity index (χ2n) is 23.3. The first-order valence-corrected chi connectivity index (χ1v) is 29.1. The minimum absolute atomic E-state index is 0.0415. The van der Waals surface area contributed by atoms with E-state index in [9.17, 15) is 43.2 Å². The fourth-order valence-corrected chi connectivity index (χ4v) is 10.9. The maximum absolute atomic E-state index is 15.1. The number of rotatable bonds is 14. The Balaban J connectivity index is 2.30. The molecular weight excluding hydrogens is 1070 g/mol. The number of carbonyl (C=O) groups excluding carboxylic acids is 11. The van der Waals surface area contributed by atoms with Crippen molar-refractivity contribution in [3.05, 3.63) is 42.5 Å². The summed E-state index contributed by atoms with van der Waals surface area (Å²) < 4.78 is 11.2. The van der Waals surface area contributed by atoms with Crippen molar-refractivity contribution >= 4 is 65.0 Å². The van der Waals surface area contributed by atoms with E-state index in [2.05, 4.69) is 27.8 Å². The van der Waals surface area contributed by atoms with E-state index in [4.69, 9.17) is 9.47 Å². The van der Waals surface area contributed by atoms with Gasteiger partial charge < -0.3 is 60.1 Å². The second kappa shape index (κ2) is 32.1. The van der Waals surface area contributed by atoms with Crippen LogP contribution in [-0.2, 0) is 63.9 Å². The molecule has 3 rings (SSSR count). The molecule has 4 N–H and O–H groups in total. The number of likely N-dealkylation sites (N-methyl/N-ethyl adjacent to an activating group) is 5. The Morgan fingerprint density at radius 2 is 1.22 bits per heavy atom. The van der Waals surface area contributed by atoms with Gasteiger partial charge in [0.05, 0.1) is 20.1 Å². The number of amides is 10. The van der Waals surface area contributed by atoms with Crippen LogP contribution in [0.5, 0.6) is 5.75 Å². The lowest BCUT2D eigenvalue weighted by Crippen LogP contribution is -2.63. The minimum atomic E-state index is -1.53. The van der Waals surface area contributed by atoms with Crippen molar-refractivity contribution < 1.29 is 62.2 Å². The first kappa shape index (κ1) is 70.2. The van der Waals surface area contributed by atoms with E-state index in [1.54, 1.807) is 79.7 Å². The summed E-state index contributed by atoms with van der Waals surface area (Å²) >= 11 is 0. The highest BCUT2D eigenvalue weighted by molar-refractivity contribution is 6.00. The quantitative estimate of drug-likeness (QED) is 0.154. The van der Waals surface area contributed by atoms with Gasteiger partial charge in [0.1, 0.15) is 54.1 Å². The average molecular weight is 1170 g/mol. The third kappa shape index (κ3) is 18.0. The van der Waals surface area contributed by atoms with E-state index >= 15 is 9.59 Å². The summed E-state index contributed by atoms with van der Waals surface area (Å²) in [5.74, 6) is -10.1. The highest BCUT2D eigenvalue weighted by Gasteiger charge is 2.46. The van der Waals surface area contributed by atoms with Crippen molar-refractivity contribution in [2.45, 2.75) is 176 Å². The number of nitrogens with one attached hydrogen (secondary N) is 4. The molecule has 2 aliphatic heterocycles. The summed E-state index contributed by atoms with van der Waals surface area (Å²) in [7, 11) is 8.47. The van der Waals surface area contributed by atoms with Crippen LogP contribution in [0.4, 0.5) is 0 Å². The molecule has 0 unspecified atom stereocenters. The zero-order chi connectivity index (χ0) is 62.9. The number of cyclic esters (lactones) is 1. The van der Waals surface area contributed by atoms with Crippen LogP contribution in [-0.4, -0.2) is 211 Å². The maximum Gasteiger partial charge on any atom is 0.329 e. The summed E-state index contributed by atoms with van der Waals surface area (Å²) in [4.78, 5) is 167. The van der Waals surface area contributed by atoms with Crippen LogP contribution in [0.2, 0.25) is 0 Å². The standard InChI is InChI=1S/C60H96N10O13/c1-19-29-61-45(71)32-44-57(78)69(17)51(38(11)21-3)59(80)68(16)50(37(10)20-2)52(73)62-33-46(72)66(14)48(35(6)7)53(74)63-42(31-40-25-27-41(82-18)28-26-40)60(81)83-39(12)55(76)70-30-23-22-24-43(70)56(77)67(15)49(36(8)9)54(75)64-47(34(4)5)58(79)65(44)13/h19,25-28,34-39,42-44,47-51H,1,20-24,29-33H2,2-18H3,(H,61,71)(H,62,73)(H,63,74)(H,64,75)/t37-,38-,39+,42-,43-,44-,47-,48-,49-,50-,51-/m0/s1. The van der Waals surface area contributed by atoms with Gasteiger partial charge in [-0.2, -0.15) is 0 Å². The van der Waals surface area contributed by atoms with E-state index < -0.39 is 162 Å². The van der Waals surface area contributed by atoms with Crippen molar-refractivity contribution in [2.75, 3.05) is 62.0 Å². The Morgan fingerprint density at radius 3 is 1.76 bits per heavy atom. The number of hydrogen-bond donors (Lipinski definition) is 4. The topological polar surface area (TPSA) is 274 Å². The van der Waals surface area contributed by atoms with Crippen LogP contribution in [0, 0.1) is 29.6 Å². The summed E-state index contributed by atoms with van der Waals surface area (Å²) in [5.41, 5.74) is 0.586. The molecule has 2 heterocycles. The van der Waals surface area contributed by atoms with Gasteiger partial charge in [0.25, 0.3) is 5.91 Å². The lowest BCUT2D eigenvalue weighted by Gasteiger charge is -2.41. The highest BCUT2D eigenvalue weighted by atomic mass is 16.5. The van der Waals surface area contributed by atoms with Crippen LogP contribution < -0.4 is 26.0 Å². The van der Waals surface area contributed by atoms with Crippen molar-refractivity contribution in [1.82, 2.24) is 50.7 Å². The molecule has 23 nitrogen and oxygen atoms in total. The van der Waals surface area contributed by atoms with Gasteiger partial charge in [0.2, 0.25) is 53.2 Å². The molecule has 2 saturated heterocycles. The molecule has 0 aliphatic carbocycles. The number of benzene rings is 1. The van der Waals surface area contributed by atoms with Crippen LogP contribution in [0.15, 0.2) is 36.9 Å². The molecule has 83 heavy (non-hydrogen) atoms. The summed E-state index contributed by atoms with van der Waals surface area (Å²) in [5, 5.41) is 10.9. The molecule has 1 aromatic rings. The largest absolute Gasteiger partial charge is 0.497 e. The Kier molecular flexibility index (Phi) is 27.2. The fourth-order valence-electron chi connectivity index (χ4n) is 10.9. The van der Waals surface area contributed by atoms with Crippen LogP contribution >= 0.6 is 0 Å². The number of carbonyl (C=O) groups is 11. The van der Waals surface area contributed by atoms with Gasteiger partial charge in [-0.15, -0.1) is 6.58 Å². The summed E-state index contributed by atoms with van der Waals surface area (Å²) in [6.45, 7) is 22.0. The Bertz CT molecular complexity index is 2470. The van der Waals surface area contributed by atoms with Crippen molar-refractivity contribution in [3.63, 3.8) is 0 Å². The Labute approximate surface area is 491 Å². The van der Waals surface area contributed by atoms with Gasteiger partial charge in [0, 0.05) is 54.7 Å². The van der Waals surface area contributed by atoms with Gasteiger partial charge in [-0.3, -0.25) is 47.9 Å². The van der Waals surface area contributed by atoms with Gasteiger partial charge in [-0.1, -0.05) is 100 Å². The molecule has 0 spiro atoms. The zero-order valence-electron chi connectivity index (χ0n) is 52.2. The predicted molar refractivity (Wildman–Crippen MR) is 313 cm³/mol. The predicted octanol–water partition coefficient (Wildman–Crippen LogP) is 2.54. The van der Waals surface area contributed by atoms with Gasteiger partial charge in [-0.05, 0) is 73.5 Å². The zero-order valence-corrected chi connectivity index (χ0v) is 52.2. The second-order valence-corrected chi connectivity index (χ2v) is 23.3. The van der Waals surface area contributed by atoms with E-state index in [1.165, 1.54) is 74.9 Å². The number of hydrogen-bond acceptors (Lipinski definition) is 13. The molecule has 2 fully saturated rings. The molecule has 0 aromatic heterocycles. The smallest absolute Gasteiger partial charge is 0.329 e. The number of methoxy groups -OCH3 is 1. The fraction of sp³-hybridized carbons (Fsp3) is 0.683. The first-order valence-electron chi connectivity index (χ1n) is 29.1. The molecule has 23 heteroatoms. The van der Waals surface area contributed by atoms with Crippen molar-refractivity contribution in [2.24, 2.45) is 29.6 Å². The van der Waals surface area contributed by atoms with Gasteiger partial charge in [-0.25, -0.2) is 4.79 Å². The molecule has 10 amide bonds. The molecule has 0 bridgehead atoms. The molecule has 2 aliphatic rings. The van der Waals surface area contributed by atoms with E-state index in [0.29, 0.717) is 37.0 Å². The van der Waals surface area contributed by atoms with Crippen LogP contribution in [0.1, 0.15) is 120 Å². The number of nitrogens with zero attached hydrogens (tertiary/aromatic N) is 6. The third-order valence-electron chi connectivity index (χ3n) is 16.3. The van der Waals surface area contributed by atoms with Crippen LogP contribution in [0.25, 0.3) is 0 Å². The summed E-state index contributed by atoms with van der Waals surface area (Å²) in [6.07, 6.45) is 1.37. The highest BCUT2D eigenvalue weighted by Crippen LogP contribution is 2.26. The SMILES string of the molecule is C=CCNC(=O)C[C@H]1C(=O)N(C)[C@@H]([C@@H](C)CC)C(=O)N(C)[C@@H]([C@@H](C)CC)C(=O)NCC(=O)N(C)[C@@H](C(C)C)C(=O)N[C@@H](Cc2ccc(OC)cc2)C(=O)O[C@H](C)C(=O)N2CCCC[C@H]2C(=O)N(C)[C@@H](C(C)C)C(=O)N[C@@H](C(C)C)C(=O)N1C. The van der Waals surface area contributed by atoms with Gasteiger partial charge >= 0.3 is 5.97 Å². The Morgan fingerprint density at radius 1 is 0.675 bits per heavy atom. The number of ether oxygens (including phenoxy) is 2. The third-order valence-corrected chi connectivity index (χ3v) is 16.3. The normalized spacial score (nSPS) is 26.1. The molecule has 0 radical (unpaired) electrons. The van der Waals surface area contributed by atoms with Crippen molar-refractivity contribution in [1.29, 1.82) is 0 Å². The molecule has 11 atom stereocenters. The molecule has 464 valence electrons. The van der Waals surface area contributed by atoms with E-state index in [1.807, 2.05) is 13.8 Å². The maximum atomic E-state index is 15.1. The number of piperidine rings is 1. The van der Waals surface area contributed by atoms with Crippen LogP contribution in [0.3, 0.4) is 0 Å². The van der Waals surface area contributed by atoms with E-state index in [0.717, 1.165) is 9.80 Å². The Hall–Kier alpha value is -7.07. The molecule has 1 aromatic carbocycles. The monoisotopic (exact) mass is 1160 g/mol. The first-order chi connectivity index (χ1) is 38.9. The summed E-state index contributed by atoms with van der Waals surface area (Å²) in [6, 6.07) is -3.44. The lowest BCUT2D eigenvalue weighted by atomic mass is 9.92. The number of esters is 1. The van der Waals surface area contributed by atoms with Gasteiger partial charge in [0.15, 0.2) is 6.10 Å². The average Bonchev–Trinajstić information content (AvgIpc) is 3.50. The van der Waals surface area contributed by atoms with Crippen molar-refractivity contribution in [3.8, 4) is 5.75 Å². The lowest BCUT2D eigenvalue weighted by molar-refractivity contribution is -0.165. The molecular formula is C60H96N10O13. The van der Waals surface area contributed by atoms with E-state index in [-0.39, 0.29) is 25.9 Å². The minimum Gasteiger partial charge on any atom is -0.497 e. The molecule has 0 saturated carbocycles. The number of fused-ring (bicyclic) bond motifs is 1.